The van der Waals surface area contributed by atoms with Crippen molar-refractivity contribution in [3.63, 3.8) is 0 Å². The molecule has 1 amide bonds. The number of thiophene rings is 1. The Balaban J connectivity index is 1.63. The SMILES string of the molecule is COc1cncc(NC(=O)c2nc(NC(C)c3ccccn3)nc3ccsc23)c1. The van der Waals surface area contributed by atoms with Crippen molar-refractivity contribution < 1.29 is 9.53 Å². The van der Waals surface area contributed by atoms with Gasteiger partial charge in [-0.25, -0.2) is 9.97 Å². The highest BCUT2D eigenvalue weighted by Gasteiger charge is 2.18. The molecule has 0 saturated carbocycles. The van der Waals surface area contributed by atoms with E-state index in [2.05, 4.69) is 30.6 Å². The van der Waals surface area contributed by atoms with Crippen LogP contribution in [0.1, 0.15) is 29.1 Å². The number of carbonyl (C=O) groups is 1. The van der Waals surface area contributed by atoms with E-state index in [0.717, 1.165) is 10.4 Å². The molecule has 2 N–H and O–H groups in total. The van der Waals surface area contributed by atoms with E-state index in [-0.39, 0.29) is 11.9 Å². The molecule has 0 aromatic carbocycles. The molecule has 4 rings (SSSR count). The Morgan fingerprint density at radius 3 is 2.90 bits per heavy atom. The summed E-state index contributed by atoms with van der Waals surface area (Å²) in [4.78, 5) is 30.3. The van der Waals surface area contributed by atoms with Crippen LogP contribution in [0.2, 0.25) is 0 Å². The Hall–Kier alpha value is -3.59. The van der Waals surface area contributed by atoms with Crippen molar-refractivity contribution in [3.05, 3.63) is 65.7 Å². The van der Waals surface area contributed by atoms with Crippen molar-refractivity contribution in [3.8, 4) is 5.75 Å². The zero-order chi connectivity index (χ0) is 20.2. The maximum atomic E-state index is 12.9. The van der Waals surface area contributed by atoms with Crippen LogP contribution in [-0.2, 0) is 0 Å². The Morgan fingerprint density at radius 1 is 1.21 bits per heavy atom. The summed E-state index contributed by atoms with van der Waals surface area (Å²) >= 11 is 1.42. The number of rotatable bonds is 6. The van der Waals surface area contributed by atoms with Crippen molar-refractivity contribution in [2.24, 2.45) is 0 Å². The van der Waals surface area contributed by atoms with Crippen LogP contribution >= 0.6 is 11.3 Å². The average Bonchev–Trinajstić information content (AvgIpc) is 3.22. The molecule has 0 fully saturated rings. The van der Waals surface area contributed by atoms with E-state index >= 15 is 0 Å². The van der Waals surface area contributed by atoms with E-state index < -0.39 is 0 Å². The largest absolute Gasteiger partial charge is 0.495 e. The van der Waals surface area contributed by atoms with E-state index in [1.54, 1.807) is 31.8 Å². The highest BCUT2D eigenvalue weighted by molar-refractivity contribution is 7.17. The number of ether oxygens (including phenoxy) is 1. The molecule has 8 nitrogen and oxygen atoms in total. The minimum Gasteiger partial charge on any atom is -0.495 e. The fraction of sp³-hybridized carbons (Fsp3) is 0.150. The monoisotopic (exact) mass is 406 g/mol. The average molecular weight is 406 g/mol. The summed E-state index contributed by atoms with van der Waals surface area (Å²) in [7, 11) is 1.54. The van der Waals surface area contributed by atoms with Crippen molar-refractivity contribution in [1.29, 1.82) is 0 Å². The summed E-state index contributed by atoms with van der Waals surface area (Å²) in [6.07, 6.45) is 4.85. The second-order valence-corrected chi connectivity index (χ2v) is 7.14. The Labute approximate surface area is 171 Å². The molecule has 1 unspecified atom stereocenters. The van der Waals surface area contributed by atoms with Gasteiger partial charge in [-0.2, -0.15) is 0 Å². The minimum absolute atomic E-state index is 0.120. The first kappa shape index (κ1) is 18.8. The second-order valence-electron chi connectivity index (χ2n) is 6.22. The number of aromatic nitrogens is 4. The van der Waals surface area contributed by atoms with Gasteiger partial charge in [0, 0.05) is 12.3 Å². The van der Waals surface area contributed by atoms with Crippen LogP contribution in [0.3, 0.4) is 0 Å². The van der Waals surface area contributed by atoms with Crippen LogP contribution in [0.15, 0.2) is 54.3 Å². The van der Waals surface area contributed by atoms with Gasteiger partial charge in [-0.15, -0.1) is 11.3 Å². The third kappa shape index (κ3) is 4.14. The molecule has 0 aliphatic heterocycles. The molecule has 0 radical (unpaired) electrons. The zero-order valence-corrected chi connectivity index (χ0v) is 16.6. The van der Waals surface area contributed by atoms with Gasteiger partial charge in [0.25, 0.3) is 5.91 Å². The van der Waals surface area contributed by atoms with Crippen LogP contribution in [-0.4, -0.2) is 33.0 Å². The molecule has 1 atom stereocenters. The van der Waals surface area contributed by atoms with E-state index in [1.165, 1.54) is 11.3 Å². The normalized spacial score (nSPS) is 11.8. The number of carbonyl (C=O) groups excluding carboxylic acids is 1. The first-order chi connectivity index (χ1) is 14.1. The predicted molar refractivity (Wildman–Crippen MR) is 112 cm³/mol. The molecule has 0 bridgehead atoms. The van der Waals surface area contributed by atoms with Crippen molar-refractivity contribution in [2.45, 2.75) is 13.0 Å². The molecule has 4 aromatic heterocycles. The van der Waals surface area contributed by atoms with Gasteiger partial charge >= 0.3 is 0 Å². The molecule has 0 aliphatic rings. The molecular formula is C20H18N6O2S. The van der Waals surface area contributed by atoms with Crippen LogP contribution in [0, 0.1) is 0 Å². The number of amides is 1. The van der Waals surface area contributed by atoms with E-state index in [9.17, 15) is 4.79 Å². The van der Waals surface area contributed by atoms with Gasteiger partial charge in [0.2, 0.25) is 5.95 Å². The Kier molecular flexibility index (Phi) is 5.30. The van der Waals surface area contributed by atoms with Crippen molar-refractivity contribution in [2.75, 3.05) is 17.7 Å². The molecule has 0 aliphatic carbocycles. The molecule has 0 spiro atoms. The molecule has 0 saturated heterocycles. The summed E-state index contributed by atoms with van der Waals surface area (Å²) in [5, 5.41) is 7.93. The lowest BCUT2D eigenvalue weighted by Gasteiger charge is -2.14. The summed E-state index contributed by atoms with van der Waals surface area (Å²) < 4.78 is 5.87. The lowest BCUT2D eigenvalue weighted by Crippen LogP contribution is -2.17. The van der Waals surface area contributed by atoms with E-state index in [0.29, 0.717) is 28.6 Å². The smallest absolute Gasteiger partial charge is 0.276 e. The topological polar surface area (TPSA) is 102 Å². The molecular weight excluding hydrogens is 388 g/mol. The van der Waals surface area contributed by atoms with Gasteiger partial charge in [0.05, 0.1) is 47.1 Å². The molecule has 4 heterocycles. The van der Waals surface area contributed by atoms with Crippen molar-refractivity contribution in [1.82, 2.24) is 19.9 Å². The second kappa shape index (κ2) is 8.19. The highest BCUT2D eigenvalue weighted by atomic mass is 32.1. The predicted octanol–water partition coefficient (Wildman–Crippen LogP) is 3.92. The lowest BCUT2D eigenvalue weighted by atomic mass is 10.2. The first-order valence-corrected chi connectivity index (χ1v) is 9.75. The summed E-state index contributed by atoms with van der Waals surface area (Å²) in [5.74, 6) is 0.574. The first-order valence-electron chi connectivity index (χ1n) is 8.87. The van der Waals surface area contributed by atoms with Gasteiger partial charge in [0.1, 0.15) is 5.75 Å². The maximum Gasteiger partial charge on any atom is 0.276 e. The van der Waals surface area contributed by atoms with Crippen LogP contribution < -0.4 is 15.4 Å². The van der Waals surface area contributed by atoms with Crippen molar-refractivity contribution >= 4 is 39.1 Å². The summed E-state index contributed by atoms with van der Waals surface area (Å²) in [6, 6.07) is 9.14. The molecule has 9 heteroatoms. The van der Waals surface area contributed by atoms with Gasteiger partial charge < -0.3 is 15.4 Å². The molecule has 29 heavy (non-hydrogen) atoms. The summed E-state index contributed by atoms with van der Waals surface area (Å²) in [6.45, 7) is 1.96. The molecule has 146 valence electrons. The number of nitrogens with one attached hydrogen (secondary N) is 2. The Bertz CT molecular complexity index is 1150. The third-order valence-corrected chi connectivity index (χ3v) is 5.11. The molecule has 4 aromatic rings. The fourth-order valence-electron chi connectivity index (χ4n) is 2.77. The zero-order valence-electron chi connectivity index (χ0n) is 15.8. The van der Waals surface area contributed by atoms with Gasteiger partial charge in [0.15, 0.2) is 5.69 Å². The van der Waals surface area contributed by atoms with Crippen LogP contribution in [0.25, 0.3) is 10.2 Å². The van der Waals surface area contributed by atoms with E-state index in [1.807, 2.05) is 36.6 Å². The number of nitrogens with zero attached hydrogens (tertiary/aromatic N) is 4. The fourth-order valence-corrected chi connectivity index (χ4v) is 3.59. The number of fused-ring (bicyclic) bond motifs is 1. The third-order valence-electron chi connectivity index (χ3n) is 4.20. The minimum atomic E-state index is -0.344. The Morgan fingerprint density at radius 2 is 2.10 bits per heavy atom. The maximum absolute atomic E-state index is 12.9. The summed E-state index contributed by atoms with van der Waals surface area (Å²) in [5.41, 5.74) is 2.38. The standard InChI is InChI=1S/C20H18N6O2S/c1-12(15-5-3-4-7-22-15)23-20-25-16-6-8-29-18(16)17(26-20)19(27)24-13-9-14(28-2)11-21-10-13/h3-12H,1-2H3,(H,24,27)(H,23,25,26). The lowest BCUT2D eigenvalue weighted by molar-refractivity contribution is 0.102. The number of pyridine rings is 2. The number of hydrogen-bond acceptors (Lipinski definition) is 8. The van der Waals surface area contributed by atoms with Gasteiger partial charge in [-0.05, 0) is 30.5 Å². The number of anilines is 2. The van der Waals surface area contributed by atoms with Crippen LogP contribution in [0.4, 0.5) is 11.6 Å². The number of methoxy groups -OCH3 is 1. The van der Waals surface area contributed by atoms with Crippen LogP contribution in [0.5, 0.6) is 5.75 Å². The van der Waals surface area contributed by atoms with Gasteiger partial charge in [-0.1, -0.05) is 6.07 Å². The number of hydrogen-bond donors (Lipinski definition) is 2. The van der Waals surface area contributed by atoms with Gasteiger partial charge in [-0.3, -0.25) is 14.8 Å². The quantitative estimate of drug-likeness (QED) is 0.500. The van der Waals surface area contributed by atoms with E-state index in [4.69, 9.17) is 4.74 Å². The highest BCUT2D eigenvalue weighted by Crippen LogP contribution is 2.26.